The van der Waals surface area contributed by atoms with Gasteiger partial charge in [0.25, 0.3) is 10.0 Å². The zero-order valence-electron chi connectivity index (χ0n) is 16.3. The summed E-state index contributed by atoms with van der Waals surface area (Å²) >= 11 is 0. The Balaban J connectivity index is 1.95. The van der Waals surface area contributed by atoms with E-state index in [0.29, 0.717) is 28.6 Å². The van der Waals surface area contributed by atoms with Crippen LogP contribution in [0.1, 0.15) is 29.7 Å². The smallest absolute Gasteiger partial charge is 0.268 e. The number of hydrogen-bond acceptors (Lipinski definition) is 5. The second-order valence-corrected chi connectivity index (χ2v) is 9.11. The summed E-state index contributed by atoms with van der Waals surface area (Å²) in [5, 5.41) is 14.3. The largest absolute Gasteiger partial charge is 0.496 e. The van der Waals surface area contributed by atoms with Crippen LogP contribution >= 0.6 is 0 Å². The minimum absolute atomic E-state index is 0.183. The molecule has 0 radical (unpaired) electrons. The highest BCUT2D eigenvalue weighted by Gasteiger charge is 2.35. The van der Waals surface area contributed by atoms with E-state index in [4.69, 9.17) is 4.74 Å². The van der Waals surface area contributed by atoms with E-state index >= 15 is 0 Å². The third kappa shape index (κ3) is 3.08. The van der Waals surface area contributed by atoms with Gasteiger partial charge in [-0.2, -0.15) is 0 Å². The number of aliphatic hydroxyl groups excluding tert-OH is 1. The number of aliphatic hydroxyl groups is 1. The van der Waals surface area contributed by atoms with E-state index in [-0.39, 0.29) is 10.8 Å². The third-order valence-corrected chi connectivity index (χ3v) is 7.01. The van der Waals surface area contributed by atoms with Crippen molar-refractivity contribution in [3.05, 3.63) is 59.3 Å². The lowest BCUT2D eigenvalue weighted by Gasteiger charge is -2.29. The molecule has 1 aromatic heterocycles. The van der Waals surface area contributed by atoms with E-state index in [9.17, 15) is 18.3 Å². The molecule has 0 aliphatic heterocycles. The normalized spacial score (nSPS) is 18.6. The minimum Gasteiger partial charge on any atom is -0.496 e. The van der Waals surface area contributed by atoms with Gasteiger partial charge in [0, 0.05) is 24.1 Å². The first-order valence-electron chi connectivity index (χ1n) is 9.22. The summed E-state index contributed by atoms with van der Waals surface area (Å²) < 4.78 is 33.3. The molecular formula is C21H22N2O5S. The summed E-state index contributed by atoms with van der Waals surface area (Å²) in [7, 11) is -2.34. The number of methoxy groups -OCH3 is 1. The maximum Gasteiger partial charge on any atom is 0.268 e. The van der Waals surface area contributed by atoms with Crippen molar-refractivity contribution in [1.29, 1.82) is 0 Å². The number of carbonyl (C=O) groups is 1. The lowest BCUT2D eigenvalue weighted by Crippen LogP contribution is -2.41. The van der Waals surface area contributed by atoms with E-state index < -0.39 is 22.2 Å². The number of rotatable bonds is 4. The van der Waals surface area contributed by atoms with Crippen LogP contribution < -0.4 is 10.1 Å². The summed E-state index contributed by atoms with van der Waals surface area (Å²) in [4.78, 5) is 11.8. The average molecular weight is 414 g/mol. The topological polar surface area (TPSA) is 97.6 Å². The number of aryl methyl sites for hydroxylation is 1. The fraction of sp³-hybridized carbons (Fsp3) is 0.286. The molecule has 1 heterocycles. The monoisotopic (exact) mass is 414 g/mol. The number of hydrogen-bond donors (Lipinski definition) is 2. The van der Waals surface area contributed by atoms with Gasteiger partial charge in [-0.1, -0.05) is 17.7 Å². The molecule has 0 saturated heterocycles. The number of nitrogens with one attached hydrogen (secondary N) is 1. The molecular weight excluding hydrogens is 392 g/mol. The molecule has 3 aromatic rings. The van der Waals surface area contributed by atoms with Crippen molar-refractivity contribution >= 4 is 26.8 Å². The lowest BCUT2D eigenvalue weighted by molar-refractivity contribution is -0.120. The Morgan fingerprint density at radius 3 is 2.52 bits per heavy atom. The van der Waals surface area contributed by atoms with Crippen LogP contribution in [0.4, 0.5) is 0 Å². The predicted molar refractivity (Wildman–Crippen MR) is 109 cm³/mol. The first-order chi connectivity index (χ1) is 13.7. The molecule has 0 saturated carbocycles. The number of nitrogens with zero attached hydrogens (tertiary/aromatic N) is 1. The van der Waals surface area contributed by atoms with Gasteiger partial charge in [-0.3, -0.25) is 4.79 Å². The second kappa shape index (κ2) is 6.89. The van der Waals surface area contributed by atoms with Crippen LogP contribution in [-0.4, -0.2) is 36.6 Å². The van der Waals surface area contributed by atoms with Gasteiger partial charge in [-0.25, -0.2) is 12.4 Å². The Hall–Kier alpha value is -2.84. The molecule has 29 heavy (non-hydrogen) atoms. The van der Waals surface area contributed by atoms with Gasteiger partial charge in [0.2, 0.25) is 5.91 Å². The van der Waals surface area contributed by atoms with Gasteiger partial charge < -0.3 is 15.2 Å². The first-order valence-corrected chi connectivity index (χ1v) is 10.7. The van der Waals surface area contributed by atoms with Gasteiger partial charge in [-0.15, -0.1) is 0 Å². The summed E-state index contributed by atoms with van der Waals surface area (Å²) in [5.74, 6) is 0.183. The molecule has 2 atom stereocenters. The summed E-state index contributed by atoms with van der Waals surface area (Å²) in [6.07, 6.45) is 0.875. The maximum atomic E-state index is 13.3. The highest BCUT2D eigenvalue weighted by Crippen LogP contribution is 2.42. The van der Waals surface area contributed by atoms with Crippen LogP contribution in [0.5, 0.6) is 5.75 Å². The van der Waals surface area contributed by atoms with Crippen LogP contribution in [-0.2, 0) is 21.2 Å². The summed E-state index contributed by atoms with van der Waals surface area (Å²) in [6, 6.07) is 9.41. The second-order valence-electron chi connectivity index (χ2n) is 7.30. The van der Waals surface area contributed by atoms with Crippen molar-refractivity contribution in [3.63, 3.8) is 0 Å². The van der Waals surface area contributed by atoms with Crippen LogP contribution in [0.2, 0.25) is 0 Å². The first kappa shape index (κ1) is 19.5. The molecule has 1 amide bonds. The van der Waals surface area contributed by atoms with E-state index in [1.807, 2.05) is 6.92 Å². The Bertz CT molecular complexity index is 1210. The van der Waals surface area contributed by atoms with E-state index in [1.54, 1.807) is 42.6 Å². The Morgan fingerprint density at radius 1 is 1.21 bits per heavy atom. The molecule has 2 N–H and O–H groups in total. The molecule has 4 rings (SSSR count). The van der Waals surface area contributed by atoms with Crippen molar-refractivity contribution in [2.24, 2.45) is 0 Å². The zero-order chi connectivity index (χ0) is 20.9. The number of carbonyl (C=O) groups excluding carboxylic acids is 1. The number of ether oxygens (including phenoxy) is 1. The molecule has 8 heteroatoms. The zero-order valence-corrected chi connectivity index (χ0v) is 17.2. The average Bonchev–Trinajstić information content (AvgIpc) is 3.05. The molecule has 2 unspecified atom stereocenters. The number of amides is 1. The standard InChI is InChI=1S/C21H22N2O5S/c1-12-4-6-15(7-5-12)29(26,27)23-11-14-10-16(22-13(2)24)21(25)20-18(28-3)9-8-17(23)19(14)20/h4-9,11,16,21,25H,10H2,1-3H3,(H,22,24). The van der Waals surface area contributed by atoms with Crippen molar-refractivity contribution in [2.75, 3.05) is 7.11 Å². The van der Waals surface area contributed by atoms with Crippen LogP contribution in [0.3, 0.4) is 0 Å². The van der Waals surface area contributed by atoms with Gasteiger partial charge in [0.1, 0.15) is 11.9 Å². The van der Waals surface area contributed by atoms with E-state index in [1.165, 1.54) is 18.0 Å². The van der Waals surface area contributed by atoms with Gasteiger partial charge in [0.05, 0.1) is 23.6 Å². The molecule has 1 aliphatic carbocycles. The van der Waals surface area contributed by atoms with Crippen LogP contribution in [0.15, 0.2) is 47.5 Å². The fourth-order valence-corrected chi connectivity index (χ4v) is 5.36. The lowest BCUT2D eigenvalue weighted by atomic mass is 9.86. The maximum absolute atomic E-state index is 13.3. The Kier molecular flexibility index (Phi) is 4.63. The van der Waals surface area contributed by atoms with Gasteiger partial charge in [0.15, 0.2) is 0 Å². The van der Waals surface area contributed by atoms with E-state index in [0.717, 1.165) is 11.1 Å². The molecule has 0 spiro atoms. The highest BCUT2D eigenvalue weighted by atomic mass is 32.2. The van der Waals surface area contributed by atoms with Crippen molar-refractivity contribution in [1.82, 2.24) is 9.29 Å². The summed E-state index contributed by atoms with van der Waals surface area (Å²) in [6.45, 7) is 3.28. The van der Waals surface area contributed by atoms with Crippen molar-refractivity contribution in [2.45, 2.75) is 37.3 Å². The Morgan fingerprint density at radius 2 is 1.90 bits per heavy atom. The van der Waals surface area contributed by atoms with Gasteiger partial charge in [-0.05, 0) is 43.2 Å². The van der Waals surface area contributed by atoms with E-state index in [2.05, 4.69) is 5.32 Å². The SMILES string of the molecule is COc1ccc2c3c(cn2S(=O)(=O)c2ccc(C)cc2)CC(NC(C)=O)C(O)c13. The summed E-state index contributed by atoms with van der Waals surface area (Å²) in [5.41, 5.74) is 2.65. The number of aromatic nitrogens is 1. The molecule has 0 fully saturated rings. The molecule has 7 nitrogen and oxygen atoms in total. The highest BCUT2D eigenvalue weighted by molar-refractivity contribution is 7.90. The fourth-order valence-electron chi connectivity index (χ4n) is 3.98. The number of benzene rings is 2. The quantitative estimate of drug-likeness (QED) is 0.683. The van der Waals surface area contributed by atoms with Crippen molar-refractivity contribution in [3.8, 4) is 5.75 Å². The molecule has 2 aromatic carbocycles. The third-order valence-electron chi connectivity index (χ3n) is 5.32. The van der Waals surface area contributed by atoms with Gasteiger partial charge >= 0.3 is 0 Å². The molecule has 1 aliphatic rings. The predicted octanol–water partition coefficient (Wildman–Crippen LogP) is 2.29. The van der Waals surface area contributed by atoms with Crippen LogP contribution in [0.25, 0.3) is 10.9 Å². The molecule has 152 valence electrons. The van der Waals surface area contributed by atoms with Crippen LogP contribution in [0, 0.1) is 6.92 Å². The minimum atomic E-state index is -3.83. The Labute approximate surface area is 169 Å². The van der Waals surface area contributed by atoms with Crippen molar-refractivity contribution < 1.29 is 23.1 Å². The molecule has 0 bridgehead atoms.